The molecule has 0 aliphatic heterocycles. The van der Waals surface area contributed by atoms with E-state index in [0.717, 1.165) is 36.8 Å². The van der Waals surface area contributed by atoms with E-state index in [9.17, 15) is 4.79 Å². The van der Waals surface area contributed by atoms with E-state index < -0.39 is 0 Å². The van der Waals surface area contributed by atoms with Crippen LogP contribution in [-0.2, 0) is 19.4 Å². The summed E-state index contributed by atoms with van der Waals surface area (Å²) in [6, 6.07) is 2.05. The third-order valence-corrected chi connectivity index (χ3v) is 3.04. The smallest absolute Gasteiger partial charge is 0.269 e. The summed E-state index contributed by atoms with van der Waals surface area (Å²) in [5.41, 5.74) is 2.28. The highest BCUT2D eigenvalue weighted by Gasteiger charge is 2.17. The van der Waals surface area contributed by atoms with Crippen LogP contribution in [0.15, 0.2) is 23.6 Å². The van der Waals surface area contributed by atoms with E-state index in [1.807, 2.05) is 6.20 Å². The fraction of sp³-hybridized carbons (Fsp3) is 0.385. The molecule has 0 spiro atoms. The molecule has 0 N–H and O–H groups in total. The van der Waals surface area contributed by atoms with E-state index in [2.05, 4.69) is 12.6 Å². The lowest BCUT2D eigenvalue weighted by molar-refractivity contribution is 0.657. The van der Waals surface area contributed by atoms with Crippen LogP contribution >= 0.6 is 0 Å². The number of rotatable bonds is 2. The molecule has 0 amide bonds. The predicted molar refractivity (Wildman–Crippen MR) is 62.3 cm³/mol. The molecule has 16 heavy (non-hydrogen) atoms. The average Bonchev–Trinajstić information content (AvgIpc) is 2.31. The molecule has 0 fully saturated rings. The van der Waals surface area contributed by atoms with Crippen LogP contribution in [0.5, 0.6) is 0 Å². The van der Waals surface area contributed by atoms with Crippen LogP contribution in [0, 0.1) is 11.3 Å². The first kappa shape index (κ1) is 10.7. The first-order valence-corrected chi connectivity index (χ1v) is 5.54. The molecule has 2 rings (SSSR count). The summed E-state index contributed by atoms with van der Waals surface area (Å²) in [4.78, 5) is 12.0. The lowest BCUT2D eigenvalue weighted by Gasteiger charge is -2.18. The van der Waals surface area contributed by atoms with Crippen LogP contribution in [-0.4, -0.2) is 4.57 Å². The maximum absolute atomic E-state index is 12.0. The zero-order chi connectivity index (χ0) is 11.5. The summed E-state index contributed by atoms with van der Waals surface area (Å²) in [6.45, 7) is 4.10. The molecule has 0 radical (unpaired) electrons. The van der Waals surface area contributed by atoms with Gasteiger partial charge in [0, 0.05) is 12.7 Å². The van der Waals surface area contributed by atoms with Crippen molar-refractivity contribution in [3.05, 3.63) is 45.9 Å². The van der Waals surface area contributed by atoms with Gasteiger partial charge in [-0.1, -0.05) is 6.08 Å². The van der Waals surface area contributed by atoms with Crippen molar-refractivity contribution in [2.24, 2.45) is 0 Å². The molecule has 0 atom stereocenters. The number of fused-ring (bicyclic) bond motifs is 1. The minimum absolute atomic E-state index is 0.178. The first-order valence-electron chi connectivity index (χ1n) is 5.54. The molecule has 0 saturated carbocycles. The van der Waals surface area contributed by atoms with Crippen molar-refractivity contribution >= 4 is 0 Å². The largest absolute Gasteiger partial charge is 0.310 e. The van der Waals surface area contributed by atoms with Crippen LogP contribution in [0.3, 0.4) is 0 Å². The predicted octanol–water partition coefficient (Wildman–Crippen LogP) is 1.78. The Hall–Kier alpha value is -1.82. The zero-order valence-electron chi connectivity index (χ0n) is 9.20. The van der Waals surface area contributed by atoms with Crippen LogP contribution in [0.25, 0.3) is 0 Å². The second-order valence-corrected chi connectivity index (χ2v) is 4.07. The molecule has 1 aromatic heterocycles. The third kappa shape index (κ3) is 1.67. The topological polar surface area (TPSA) is 45.8 Å². The van der Waals surface area contributed by atoms with Gasteiger partial charge >= 0.3 is 0 Å². The highest BCUT2D eigenvalue weighted by Crippen LogP contribution is 2.21. The van der Waals surface area contributed by atoms with Gasteiger partial charge in [0.2, 0.25) is 0 Å². The van der Waals surface area contributed by atoms with Gasteiger partial charge in [-0.25, -0.2) is 0 Å². The number of aryl methyl sites for hydroxylation is 1. The van der Waals surface area contributed by atoms with Gasteiger partial charge in [-0.3, -0.25) is 4.79 Å². The monoisotopic (exact) mass is 214 g/mol. The maximum atomic E-state index is 12.0. The molecule has 82 valence electrons. The van der Waals surface area contributed by atoms with Gasteiger partial charge < -0.3 is 4.57 Å². The number of nitriles is 1. The second kappa shape index (κ2) is 4.36. The minimum atomic E-state index is -0.178. The maximum Gasteiger partial charge on any atom is 0.269 e. The average molecular weight is 214 g/mol. The highest BCUT2D eigenvalue weighted by atomic mass is 16.1. The van der Waals surface area contributed by atoms with Crippen LogP contribution in [0.2, 0.25) is 0 Å². The van der Waals surface area contributed by atoms with Gasteiger partial charge in [-0.2, -0.15) is 5.26 Å². The fourth-order valence-corrected chi connectivity index (χ4v) is 2.27. The van der Waals surface area contributed by atoms with E-state index in [0.29, 0.717) is 12.1 Å². The molecule has 1 aliphatic carbocycles. The summed E-state index contributed by atoms with van der Waals surface area (Å²) < 4.78 is 1.58. The van der Waals surface area contributed by atoms with E-state index in [4.69, 9.17) is 5.26 Å². The van der Waals surface area contributed by atoms with E-state index in [-0.39, 0.29) is 5.56 Å². The van der Waals surface area contributed by atoms with Crippen molar-refractivity contribution in [3.8, 4) is 6.07 Å². The van der Waals surface area contributed by atoms with E-state index in [1.165, 1.54) is 0 Å². The Labute approximate surface area is 94.6 Å². The van der Waals surface area contributed by atoms with Gasteiger partial charge in [0.05, 0.1) is 0 Å². The number of aromatic nitrogens is 1. The van der Waals surface area contributed by atoms with Crippen molar-refractivity contribution in [3.63, 3.8) is 0 Å². The SMILES string of the molecule is C=CCn1cc2c(c(C#N)c1=O)CCCC2. The van der Waals surface area contributed by atoms with Crippen LogP contribution in [0.1, 0.15) is 29.5 Å². The lowest BCUT2D eigenvalue weighted by atomic mass is 9.90. The number of allylic oxidation sites excluding steroid dienone is 1. The Morgan fingerprint density at radius 2 is 2.25 bits per heavy atom. The van der Waals surface area contributed by atoms with Crippen molar-refractivity contribution in [1.82, 2.24) is 4.57 Å². The Kier molecular flexibility index (Phi) is 2.91. The van der Waals surface area contributed by atoms with Crippen molar-refractivity contribution in [1.29, 1.82) is 5.26 Å². The standard InChI is InChI=1S/C13H14N2O/c1-2-7-15-9-10-5-3-4-6-11(10)12(8-14)13(15)16/h2,9H,1,3-7H2. The summed E-state index contributed by atoms with van der Waals surface area (Å²) in [7, 11) is 0. The molecule has 0 unspecified atom stereocenters. The van der Waals surface area contributed by atoms with Gasteiger partial charge in [-0.05, 0) is 36.8 Å². The molecule has 1 heterocycles. The molecule has 0 saturated heterocycles. The molecule has 1 aliphatic rings. The van der Waals surface area contributed by atoms with Crippen molar-refractivity contribution in [2.45, 2.75) is 32.2 Å². The molecular weight excluding hydrogens is 200 g/mol. The Morgan fingerprint density at radius 1 is 1.50 bits per heavy atom. The Balaban J connectivity index is 2.65. The number of nitrogens with zero attached hydrogens (tertiary/aromatic N) is 2. The van der Waals surface area contributed by atoms with E-state index in [1.54, 1.807) is 10.6 Å². The summed E-state index contributed by atoms with van der Waals surface area (Å²) >= 11 is 0. The van der Waals surface area contributed by atoms with Crippen molar-refractivity contribution < 1.29 is 0 Å². The summed E-state index contributed by atoms with van der Waals surface area (Å²) in [6.07, 6.45) is 7.62. The number of hydrogen-bond acceptors (Lipinski definition) is 2. The van der Waals surface area contributed by atoms with Crippen molar-refractivity contribution in [2.75, 3.05) is 0 Å². The molecule has 0 aromatic carbocycles. The van der Waals surface area contributed by atoms with Gasteiger partial charge in [0.1, 0.15) is 11.6 Å². The first-order chi connectivity index (χ1) is 7.77. The third-order valence-electron chi connectivity index (χ3n) is 3.04. The Bertz CT molecular complexity index is 520. The highest BCUT2D eigenvalue weighted by molar-refractivity contribution is 5.42. The fourth-order valence-electron chi connectivity index (χ4n) is 2.27. The second-order valence-electron chi connectivity index (χ2n) is 4.07. The number of pyridine rings is 1. The number of hydrogen-bond donors (Lipinski definition) is 0. The Morgan fingerprint density at radius 3 is 2.94 bits per heavy atom. The van der Waals surface area contributed by atoms with E-state index >= 15 is 0 Å². The normalized spacial score (nSPS) is 13.9. The summed E-state index contributed by atoms with van der Waals surface area (Å²) in [5, 5.41) is 9.08. The van der Waals surface area contributed by atoms with Gasteiger partial charge in [-0.15, -0.1) is 6.58 Å². The van der Waals surface area contributed by atoms with Crippen LogP contribution in [0.4, 0.5) is 0 Å². The molecular formula is C13H14N2O. The quantitative estimate of drug-likeness (QED) is 0.704. The van der Waals surface area contributed by atoms with Gasteiger partial charge in [0.25, 0.3) is 5.56 Å². The lowest BCUT2D eigenvalue weighted by Crippen LogP contribution is -2.26. The zero-order valence-corrected chi connectivity index (χ0v) is 9.20. The summed E-state index contributed by atoms with van der Waals surface area (Å²) in [5.74, 6) is 0. The molecule has 0 bridgehead atoms. The molecule has 1 aromatic rings. The van der Waals surface area contributed by atoms with Crippen LogP contribution < -0.4 is 5.56 Å². The minimum Gasteiger partial charge on any atom is -0.310 e. The molecule has 3 nitrogen and oxygen atoms in total. The molecule has 3 heteroatoms. The van der Waals surface area contributed by atoms with Gasteiger partial charge in [0.15, 0.2) is 0 Å².